The maximum Gasteiger partial charge on any atom is 0.198 e. The van der Waals surface area contributed by atoms with E-state index >= 15 is 0 Å². The standard InChI is InChI=1S/C27H24FN7O/c1-16-21(10-17-2-5-20(28)6-3-17)26(32-15-31-16)35-8-9-36-25-7-4-18(11-19(25)14-35)22-12-23-24(13-30-22)34-27(29)33-23/h2-7,11-13,15H,8-10,14H2,1H3,(H3,29,33,34). The van der Waals surface area contributed by atoms with Gasteiger partial charge < -0.3 is 20.4 Å². The minimum atomic E-state index is -0.248. The van der Waals surface area contributed by atoms with Gasteiger partial charge in [0.15, 0.2) is 5.95 Å². The van der Waals surface area contributed by atoms with Gasteiger partial charge in [-0.2, -0.15) is 0 Å². The lowest BCUT2D eigenvalue weighted by molar-refractivity contribution is 0.331. The first kappa shape index (κ1) is 22.0. The molecule has 0 bridgehead atoms. The minimum Gasteiger partial charge on any atom is -0.491 e. The lowest BCUT2D eigenvalue weighted by Gasteiger charge is -2.24. The number of pyridine rings is 1. The van der Waals surface area contributed by atoms with Crippen LogP contribution in [0.1, 0.15) is 22.4 Å². The average molecular weight is 482 g/mol. The Bertz CT molecular complexity index is 1570. The van der Waals surface area contributed by atoms with Crippen LogP contribution >= 0.6 is 0 Å². The number of rotatable bonds is 4. The third-order valence-electron chi connectivity index (χ3n) is 6.45. The smallest absolute Gasteiger partial charge is 0.198 e. The number of hydrogen-bond donors (Lipinski definition) is 2. The Balaban J connectivity index is 1.34. The fourth-order valence-electron chi connectivity index (χ4n) is 4.60. The lowest BCUT2D eigenvalue weighted by Crippen LogP contribution is -2.28. The van der Waals surface area contributed by atoms with Gasteiger partial charge in [-0.1, -0.05) is 12.1 Å². The van der Waals surface area contributed by atoms with Crippen molar-refractivity contribution in [3.8, 4) is 17.0 Å². The Morgan fingerprint density at radius 2 is 1.94 bits per heavy atom. The normalized spacial score (nSPS) is 13.3. The quantitative estimate of drug-likeness (QED) is 0.391. The van der Waals surface area contributed by atoms with Crippen molar-refractivity contribution >= 4 is 22.8 Å². The van der Waals surface area contributed by atoms with Gasteiger partial charge in [-0.15, -0.1) is 0 Å². The molecule has 9 heteroatoms. The molecule has 0 saturated heterocycles. The average Bonchev–Trinajstić information content (AvgIpc) is 3.12. The predicted octanol–water partition coefficient (Wildman–Crippen LogP) is 4.43. The first-order valence-corrected chi connectivity index (χ1v) is 11.7. The van der Waals surface area contributed by atoms with Crippen LogP contribution in [0.25, 0.3) is 22.3 Å². The zero-order valence-electron chi connectivity index (χ0n) is 19.7. The van der Waals surface area contributed by atoms with E-state index in [1.54, 1.807) is 24.7 Å². The van der Waals surface area contributed by atoms with Crippen LogP contribution in [0.3, 0.4) is 0 Å². The van der Waals surface area contributed by atoms with E-state index in [0.717, 1.165) is 56.2 Å². The number of nitrogens with zero attached hydrogens (tertiary/aromatic N) is 5. The summed E-state index contributed by atoms with van der Waals surface area (Å²) in [7, 11) is 0. The van der Waals surface area contributed by atoms with Gasteiger partial charge in [0.1, 0.15) is 35.8 Å². The summed E-state index contributed by atoms with van der Waals surface area (Å²) < 4.78 is 19.5. The lowest BCUT2D eigenvalue weighted by atomic mass is 10.0. The molecule has 4 heterocycles. The number of anilines is 2. The fraction of sp³-hybridized carbons (Fsp3) is 0.185. The van der Waals surface area contributed by atoms with E-state index in [4.69, 9.17) is 10.5 Å². The van der Waals surface area contributed by atoms with Crippen molar-refractivity contribution in [2.45, 2.75) is 19.9 Å². The number of fused-ring (bicyclic) bond motifs is 2. The van der Waals surface area contributed by atoms with Gasteiger partial charge in [0, 0.05) is 35.3 Å². The van der Waals surface area contributed by atoms with Gasteiger partial charge in [0.25, 0.3) is 0 Å². The van der Waals surface area contributed by atoms with E-state index in [1.807, 2.05) is 25.1 Å². The Labute approximate surface area is 207 Å². The number of nitrogen functional groups attached to an aromatic ring is 1. The Kier molecular flexibility index (Phi) is 5.44. The van der Waals surface area contributed by atoms with Crippen LogP contribution in [0.4, 0.5) is 16.2 Å². The molecule has 0 radical (unpaired) electrons. The van der Waals surface area contributed by atoms with Crippen molar-refractivity contribution in [1.29, 1.82) is 0 Å². The number of aromatic amines is 1. The van der Waals surface area contributed by atoms with Crippen LogP contribution < -0.4 is 15.4 Å². The number of halogens is 1. The molecule has 1 aliphatic rings. The summed E-state index contributed by atoms with van der Waals surface area (Å²) in [5, 5.41) is 0. The Morgan fingerprint density at radius 3 is 2.81 bits per heavy atom. The number of benzene rings is 2. The monoisotopic (exact) mass is 481 g/mol. The van der Waals surface area contributed by atoms with E-state index in [-0.39, 0.29) is 5.82 Å². The predicted molar refractivity (Wildman–Crippen MR) is 136 cm³/mol. The number of nitrogens with one attached hydrogen (secondary N) is 1. The van der Waals surface area contributed by atoms with Gasteiger partial charge in [-0.3, -0.25) is 4.98 Å². The van der Waals surface area contributed by atoms with Gasteiger partial charge in [0.2, 0.25) is 0 Å². The topological polar surface area (TPSA) is 106 Å². The highest BCUT2D eigenvalue weighted by Crippen LogP contribution is 2.32. The van der Waals surface area contributed by atoms with Crippen molar-refractivity contribution in [1.82, 2.24) is 24.9 Å². The molecular formula is C27H24FN7O. The molecule has 3 aromatic heterocycles. The van der Waals surface area contributed by atoms with Crippen molar-refractivity contribution in [2.24, 2.45) is 0 Å². The van der Waals surface area contributed by atoms with E-state index in [2.05, 4.69) is 35.9 Å². The Hall–Kier alpha value is -4.53. The van der Waals surface area contributed by atoms with E-state index in [0.29, 0.717) is 32.1 Å². The first-order chi connectivity index (χ1) is 17.5. The molecule has 0 fully saturated rings. The highest BCUT2D eigenvalue weighted by molar-refractivity contribution is 5.81. The van der Waals surface area contributed by atoms with E-state index in [1.165, 1.54) is 12.1 Å². The number of aromatic nitrogens is 5. The maximum absolute atomic E-state index is 13.4. The second kappa shape index (κ2) is 8.92. The maximum atomic E-state index is 13.4. The summed E-state index contributed by atoms with van der Waals surface area (Å²) in [6.07, 6.45) is 3.93. The summed E-state index contributed by atoms with van der Waals surface area (Å²) in [5.41, 5.74) is 13.1. The third-order valence-corrected chi connectivity index (χ3v) is 6.45. The second-order valence-corrected chi connectivity index (χ2v) is 8.87. The van der Waals surface area contributed by atoms with Crippen LogP contribution in [-0.4, -0.2) is 38.1 Å². The van der Waals surface area contributed by atoms with Crippen LogP contribution in [0.15, 0.2) is 61.1 Å². The molecule has 5 aromatic rings. The zero-order valence-corrected chi connectivity index (χ0v) is 19.7. The SMILES string of the molecule is Cc1ncnc(N2CCOc3ccc(-c4cc5[nH]c(N)nc5cn4)cc3C2)c1Cc1ccc(F)cc1. The molecule has 0 aliphatic carbocycles. The van der Waals surface area contributed by atoms with Crippen LogP contribution in [0, 0.1) is 12.7 Å². The highest BCUT2D eigenvalue weighted by Gasteiger charge is 2.21. The molecule has 36 heavy (non-hydrogen) atoms. The molecule has 6 rings (SSSR count). The Morgan fingerprint density at radius 1 is 1.08 bits per heavy atom. The molecule has 1 aliphatic heterocycles. The molecule has 0 atom stereocenters. The van der Waals surface area contributed by atoms with Crippen molar-refractivity contribution in [3.05, 3.63) is 89.3 Å². The molecule has 180 valence electrons. The molecule has 8 nitrogen and oxygen atoms in total. The number of H-pyrrole nitrogens is 1. The van der Waals surface area contributed by atoms with Gasteiger partial charge in [-0.25, -0.2) is 19.3 Å². The minimum absolute atomic E-state index is 0.248. The first-order valence-electron chi connectivity index (χ1n) is 11.7. The van der Waals surface area contributed by atoms with Crippen LogP contribution in [0.2, 0.25) is 0 Å². The summed E-state index contributed by atoms with van der Waals surface area (Å²) in [4.78, 5) is 23.2. The fourth-order valence-corrected chi connectivity index (χ4v) is 4.60. The number of hydrogen-bond acceptors (Lipinski definition) is 7. The van der Waals surface area contributed by atoms with Gasteiger partial charge >= 0.3 is 0 Å². The van der Waals surface area contributed by atoms with Crippen molar-refractivity contribution < 1.29 is 9.13 Å². The van der Waals surface area contributed by atoms with Gasteiger partial charge in [-0.05, 0) is 48.9 Å². The van der Waals surface area contributed by atoms with Gasteiger partial charge in [0.05, 0.1) is 24.0 Å². The largest absolute Gasteiger partial charge is 0.491 e. The molecule has 0 saturated carbocycles. The summed E-state index contributed by atoms with van der Waals surface area (Å²) >= 11 is 0. The number of nitrogens with two attached hydrogens (primary N) is 1. The third kappa shape index (κ3) is 4.19. The molecule has 0 amide bonds. The molecule has 3 N–H and O–H groups in total. The summed E-state index contributed by atoms with van der Waals surface area (Å²) in [6, 6.07) is 14.6. The van der Waals surface area contributed by atoms with E-state index < -0.39 is 0 Å². The zero-order chi connectivity index (χ0) is 24.6. The molecular weight excluding hydrogens is 457 g/mol. The molecule has 2 aromatic carbocycles. The summed E-state index contributed by atoms with van der Waals surface area (Å²) in [5.74, 6) is 1.83. The molecule has 0 unspecified atom stereocenters. The van der Waals surface area contributed by atoms with Crippen LogP contribution in [0.5, 0.6) is 5.75 Å². The molecule has 0 spiro atoms. The highest BCUT2D eigenvalue weighted by atomic mass is 19.1. The number of imidazole rings is 1. The van der Waals surface area contributed by atoms with Crippen molar-refractivity contribution in [3.63, 3.8) is 0 Å². The van der Waals surface area contributed by atoms with E-state index in [9.17, 15) is 4.39 Å². The van der Waals surface area contributed by atoms with Crippen molar-refractivity contribution in [2.75, 3.05) is 23.8 Å². The van der Waals surface area contributed by atoms with Crippen LogP contribution in [-0.2, 0) is 13.0 Å². The summed E-state index contributed by atoms with van der Waals surface area (Å²) in [6.45, 7) is 3.81. The number of ether oxygens (including phenoxy) is 1. The number of aryl methyl sites for hydroxylation is 1. The second-order valence-electron chi connectivity index (χ2n) is 8.87.